The van der Waals surface area contributed by atoms with Crippen molar-refractivity contribution in [1.82, 2.24) is 24.7 Å². The molecule has 35 heavy (non-hydrogen) atoms. The Balaban J connectivity index is 1.19. The molecule has 0 N–H and O–H groups in total. The number of imidazole rings is 1. The second-order valence-corrected chi connectivity index (χ2v) is 12.2. The Morgan fingerprint density at radius 1 is 1.11 bits per heavy atom. The van der Waals surface area contributed by atoms with Gasteiger partial charge in [0.2, 0.25) is 4.96 Å². The monoisotopic (exact) mass is 516 g/mol. The van der Waals surface area contributed by atoms with Crippen LogP contribution in [0.3, 0.4) is 0 Å². The zero-order chi connectivity index (χ0) is 24.7. The van der Waals surface area contributed by atoms with E-state index in [2.05, 4.69) is 45.9 Å². The molecule has 1 aliphatic heterocycles. The lowest BCUT2D eigenvalue weighted by Crippen LogP contribution is -2.38. The smallest absolute Gasteiger partial charge is 0.324 e. The molecule has 5 rings (SSSR count). The molecule has 1 saturated heterocycles. The van der Waals surface area contributed by atoms with Gasteiger partial charge in [-0.2, -0.15) is 4.98 Å². The largest absolute Gasteiger partial charge is 0.466 e. The molecular weight excluding hydrogens is 488 g/mol. The summed E-state index contributed by atoms with van der Waals surface area (Å²) < 4.78 is 36.7. The summed E-state index contributed by atoms with van der Waals surface area (Å²) in [5.74, 6) is 1.38. The Morgan fingerprint density at radius 3 is 2.43 bits per heavy atom. The summed E-state index contributed by atoms with van der Waals surface area (Å²) >= 11 is 1.39. The molecule has 3 aromatic heterocycles. The summed E-state index contributed by atoms with van der Waals surface area (Å²) in [4.78, 5) is 12.3. The highest BCUT2D eigenvalue weighted by atomic mass is 32.2. The van der Waals surface area contributed by atoms with Crippen LogP contribution in [0.15, 0.2) is 39.9 Å². The Morgan fingerprint density at radius 2 is 1.83 bits per heavy atom. The zero-order valence-corrected chi connectivity index (χ0v) is 21.7. The van der Waals surface area contributed by atoms with E-state index in [1.165, 1.54) is 17.6 Å². The van der Waals surface area contributed by atoms with Gasteiger partial charge >= 0.3 is 6.01 Å². The first kappa shape index (κ1) is 23.7. The molecule has 0 saturated carbocycles. The van der Waals surface area contributed by atoms with Crippen LogP contribution in [0.25, 0.3) is 16.2 Å². The average Bonchev–Trinajstić information content (AvgIpc) is 3.54. The maximum atomic E-state index is 11.7. The predicted octanol–water partition coefficient (Wildman–Crippen LogP) is 4.05. The molecule has 12 heteroatoms. The fraction of sp³-hybridized carbons (Fsp3) is 0.478. The van der Waals surface area contributed by atoms with E-state index < -0.39 is 9.84 Å². The molecular formula is C23H28N6O4S2. The number of fused-ring (bicyclic) bond motifs is 1. The lowest BCUT2D eigenvalue weighted by Gasteiger charge is -2.33. The lowest BCUT2D eigenvalue weighted by atomic mass is 9.92. The zero-order valence-electron chi connectivity index (χ0n) is 20.1. The molecule has 1 aliphatic rings. The van der Waals surface area contributed by atoms with E-state index in [1.807, 2.05) is 6.20 Å². The number of ether oxygens (including phenoxy) is 1. The minimum atomic E-state index is -3.23. The van der Waals surface area contributed by atoms with E-state index in [0.29, 0.717) is 17.1 Å². The molecule has 1 aromatic carbocycles. The number of benzene rings is 1. The van der Waals surface area contributed by atoms with Gasteiger partial charge in [-0.3, -0.25) is 0 Å². The molecule has 0 bridgehead atoms. The number of sulfone groups is 1. The van der Waals surface area contributed by atoms with E-state index in [-0.39, 0.29) is 16.9 Å². The van der Waals surface area contributed by atoms with Crippen molar-refractivity contribution in [2.45, 2.75) is 50.5 Å². The van der Waals surface area contributed by atoms with Crippen LogP contribution in [0.1, 0.15) is 45.4 Å². The highest BCUT2D eigenvalue weighted by Crippen LogP contribution is 2.31. The van der Waals surface area contributed by atoms with Gasteiger partial charge in [0.1, 0.15) is 6.10 Å². The van der Waals surface area contributed by atoms with Crippen molar-refractivity contribution in [2.24, 2.45) is 5.92 Å². The summed E-state index contributed by atoms with van der Waals surface area (Å²) in [6.07, 6.45) is 4.98. The summed E-state index contributed by atoms with van der Waals surface area (Å²) in [5.41, 5.74) is 1.57. The highest BCUT2D eigenvalue weighted by Gasteiger charge is 2.28. The highest BCUT2D eigenvalue weighted by molar-refractivity contribution is 7.90. The number of aromatic nitrogens is 5. The number of nitrogens with zero attached hydrogens (tertiary/aromatic N) is 6. The molecule has 1 fully saturated rings. The van der Waals surface area contributed by atoms with E-state index in [0.717, 1.165) is 48.0 Å². The first-order valence-electron chi connectivity index (χ1n) is 11.6. The first-order valence-corrected chi connectivity index (χ1v) is 14.3. The number of piperidine rings is 1. The van der Waals surface area contributed by atoms with Gasteiger partial charge in [0.25, 0.3) is 5.19 Å². The van der Waals surface area contributed by atoms with Crippen molar-refractivity contribution in [3.8, 4) is 16.5 Å². The lowest BCUT2D eigenvalue weighted by molar-refractivity contribution is 0.130. The molecule has 10 nitrogen and oxygen atoms in total. The maximum Gasteiger partial charge on any atom is 0.324 e. The quantitative estimate of drug-likeness (QED) is 0.359. The molecule has 0 aliphatic carbocycles. The summed E-state index contributed by atoms with van der Waals surface area (Å²) in [5, 5.41) is 9.19. The topological polar surface area (TPSA) is 116 Å². The van der Waals surface area contributed by atoms with Gasteiger partial charge in [0, 0.05) is 30.8 Å². The Bertz CT molecular complexity index is 1380. The number of anilines is 1. The van der Waals surface area contributed by atoms with Gasteiger partial charge in [0.15, 0.2) is 15.7 Å². The Labute approximate surface area is 207 Å². The maximum absolute atomic E-state index is 11.7. The van der Waals surface area contributed by atoms with Crippen molar-refractivity contribution >= 4 is 32.1 Å². The van der Waals surface area contributed by atoms with E-state index in [1.54, 1.807) is 28.8 Å². The third-order valence-corrected chi connectivity index (χ3v) is 8.25. The summed E-state index contributed by atoms with van der Waals surface area (Å²) in [6, 6.07) is 7.30. The SMILES string of the molecule is CC(C)c1noc(N2CCC([C@H](C)Oc3nn4cc(-c5ccc(S(C)(=O)=O)cc5)nc4s3)CC2)n1. The van der Waals surface area contributed by atoms with Crippen molar-refractivity contribution in [3.05, 3.63) is 36.3 Å². The number of hydrogen-bond donors (Lipinski definition) is 0. The fourth-order valence-electron chi connectivity index (χ4n) is 4.15. The van der Waals surface area contributed by atoms with Crippen LogP contribution in [0.4, 0.5) is 6.01 Å². The number of hydrogen-bond acceptors (Lipinski definition) is 10. The third-order valence-electron chi connectivity index (χ3n) is 6.31. The third kappa shape index (κ3) is 5.03. The minimum absolute atomic E-state index is 0.0184. The van der Waals surface area contributed by atoms with Crippen LogP contribution in [-0.4, -0.2) is 58.6 Å². The molecule has 4 aromatic rings. The minimum Gasteiger partial charge on any atom is -0.466 e. The molecule has 186 valence electrons. The van der Waals surface area contributed by atoms with Crippen LogP contribution in [0.5, 0.6) is 5.19 Å². The van der Waals surface area contributed by atoms with Crippen LogP contribution in [0, 0.1) is 5.92 Å². The standard InChI is InChI=1S/C23H28N6O4S2/c1-14(2)20-25-21(33-27-20)28-11-9-16(10-12-28)15(3)32-23-26-29-13-19(24-22(29)34-23)17-5-7-18(8-6-17)35(4,30)31/h5-8,13-16H,9-12H2,1-4H3/t15-/m0/s1. The van der Waals surface area contributed by atoms with Crippen molar-refractivity contribution < 1.29 is 17.7 Å². The van der Waals surface area contributed by atoms with Gasteiger partial charge < -0.3 is 14.2 Å². The Kier molecular flexibility index (Phi) is 6.26. The fourth-order valence-corrected chi connectivity index (χ4v) is 5.59. The van der Waals surface area contributed by atoms with Crippen LogP contribution in [0.2, 0.25) is 0 Å². The summed E-state index contributed by atoms with van der Waals surface area (Å²) in [7, 11) is -3.23. The van der Waals surface area contributed by atoms with Crippen molar-refractivity contribution in [3.63, 3.8) is 0 Å². The Hall–Kier alpha value is -2.99. The van der Waals surface area contributed by atoms with Gasteiger partial charge in [-0.25, -0.2) is 17.9 Å². The molecule has 0 amide bonds. The van der Waals surface area contributed by atoms with Gasteiger partial charge in [-0.05, 0) is 49.2 Å². The molecule has 1 atom stereocenters. The number of rotatable bonds is 7. The second-order valence-electron chi connectivity index (χ2n) is 9.26. The van der Waals surface area contributed by atoms with Gasteiger partial charge in [-0.1, -0.05) is 31.1 Å². The predicted molar refractivity (Wildman–Crippen MR) is 133 cm³/mol. The van der Waals surface area contributed by atoms with E-state index >= 15 is 0 Å². The van der Waals surface area contributed by atoms with Crippen LogP contribution < -0.4 is 9.64 Å². The normalized spacial score (nSPS) is 16.3. The van der Waals surface area contributed by atoms with Crippen molar-refractivity contribution in [1.29, 1.82) is 0 Å². The van der Waals surface area contributed by atoms with Gasteiger partial charge in [0.05, 0.1) is 16.8 Å². The summed E-state index contributed by atoms with van der Waals surface area (Å²) in [6.45, 7) is 7.88. The molecule has 0 radical (unpaired) electrons. The second kappa shape index (κ2) is 9.23. The van der Waals surface area contributed by atoms with Crippen LogP contribution >= 0.6 is 11.3 Å². The average molecular weight is 517 g/mol. The molecule has 0 spiro atoms. The first-order chi connectivity index (χ1) is 16.7. The van der Waals surface area contributed by atoms with E-state index in [9.17, 15) is 8.42 Å². The molecule has 4 heterocycles. The van der Waals surface area contributed by atoms with Crippen molar-refractivity contribution in [2.75, 3.05) is 24.2 Å². The molecule has 0 unspecified atom stereocenters. The van der Waals surface area contributed by atoms with Crippen LogP contribution in [-0.2, 0) is 9.84 Å². The van der Waals surface area contributed by atoms with E-state index in [4.69, 9.17) is 9.26 Å². The van der Waals surface area contributed by atoms with Gasteiger partial charge in [-0.15, -0.1) is 5.10 Å².